The van der Waals surface area contributed by atoms with Crippen LogP contribution in [0.15, 0.2) is 24.3 Å². The minimum absolute atomic E-state index is 0.0547. The number of carbonyl (C=O) groups is 1. The molecule has 1 amide bonds. The number of hydrogen-bond acceptors (Lipinski definition) is 3. The Balaban J connectivity index is 2.08. The van der Waals surface area contributed by atoms with Gasteiger partial charge in [-0.3, -0.25) is 4.79 Å². The van der Waals surface area contributed by atoms with Gasteiger partial charge in [0.2, 0.25) is 0 Å². The summed E-state index contributed by atoms with van der Waals surface area (Å²) in [4.78, 5) is 11.9. The standard InChI is InChI=1S/C12H15NO3/c1-15-6-9-4-2-3-5-11(9)12(14)13-10-7-16-8-10/h2-5,10H,6-8H2,1H3,(H,13,14). The molecule has 1 aliphatic heterocycles. The maximum absolute atomic E-state index is 11.9. The van der Waals surface area contributed by atoms with Gasteiger partial charge in [-0.2, -0.15) is 0 Å². The molecule has 0 saturated carbocycles. The van der Waals surface area contributed by atoms with Crippen LogP contribution in [0.5, 0.6) is 0 Å². The van der Waals surface area contributed by atoms with E-state index in [9.17, 15) is 4.79 Å². The number of nitrogens with one attached hydrogen (secondary N) is 1. The molecule has 0 aromatic heterocycles. The summed E-state index contributed by atoms with van der Waals surface area (Å²) in [6.45, 7) is 1.67. The van der Waals surface area contributed by atoms with E-state index < -0.39 is 0 Å². The van der Waals surface area contributed by atoms with Crippen LogP contribution in [-0.4, -0.2) is 32.3 Å². The molecular weight excluding hydrogens is 206 g/mol. The van der Waals surface area contributed by atoms with Gasteiger partial charge in [0.05, 0.1) is 25.9 Å². The van der Waals surface area contributed by atoms with Gasteiger partial charge >= 0.3 is 0 Å². The van der Waals surface area contributed by atoms with Crippen molar-refractivity contribution in [1.82, 2.24) is 5.32 Å². The van der Waals surface area contributed by atoms with Gasteiger partial charge in [0.1, 0.15) is 0 Å². The third kappa shape index (κ3) is 2.40. The summed E-state index contributed by atoms with van der Waals surface area (Å²) >= 11 is 0. The Hall–Kier alpha value is -1.39. The van der Waals surface area contributed by atoms with E-state index in [1.54, 1.807) is 7.11 Å². The maximum Gasteiger partial charge on any atom is 0.252 e. The molecule has 1 aromatic carbocycles. The molecule has 4 nitrogen and oxygen atoms in total. The SMILES string of the molecule is COCc1ccccc1C(=O)NC1COC1. The maximum atomic E-state index is 11.9. The molecule has 1 N–H and O–H groups in total. The molecule has 1 fully saturated rings. The molecule has 0 radical (unpaired) electrons. The van der Waals surface area contributed by atoms with Crippen LogP contribution in [-0.2, 0) is 16.1 Å². The molecule has 1 saturated heterocycles. The van der Waals surface area contributed by atoms with Crippen molar-refractivity contribution in [1.29, 1.82) is 0 Å². The Bertz CT molecular complexity index is 374. The molecule has 2 rings (SSSR count). The van der Waals surface area contributed by atoms with Crippen molar-refractivity contribution in [2.75, 3.05) is 20.3 Å². The topological polar surface area (TPSA) is 47.6 Å². The average molecular weight is 221 g/mol. The number of ether oxygens (including phenoxy) is 2. The summed E-state index contributed by atoms with van der Waals surface area (Å²) in [5.41, 5.74) is 1.58. The van der Waals surface area contributed by atoms with E-state index in [0.717, 1.165) is 5.56 Å². The predicted octanol–water partition coefficient (Wildman–Crippen LogP) is 0.962. The predicted molar refractivity (Wildman–Crippen MR) is 59.2 cm³/mol. The summed E-state index contributed by atoms with van der Waals surface area (Å²) in [6, 6.07) is 7.62. The third-order valence-electron chi connectivity index (χ3n) is 2.54. The highest BCUT2D eigenvalue weighted by molar-refractivity contribution is 5.95. The molecule has 0 atom stereocenters. The Labute approximate surface area is 94.6 Å². The second-order valence-corrected chi connectivity index (χ2v) is 3.80. The number of amides is 1. The lowest BCUT2D eigenvalue weighted by Crippen LogP contribution is -2.48. The van der Waals surface area contributed by atoms with Crippen molar-refractivity contribution >= 4 is 5.91 Å². The highest BCUT2D eigenvalue weighted by Crippen LogP contribution is 2.11. The second kappa shape index (κ2) is 5.09. The van der Waals surface area contributed by atoms with Crippen molar-refractivity contribution in [2.45, 2.75) is 12.6 Å². The normalized spacial score (nSPS) is 15.6. The van der Waals surface area contributed by atoms with Gasteiger partial charge in [-0.05, 0) is 11.6 Å². The lowest BCUT2D eigenvalue weighted by Gasteiger charge is -2.27. The smallest absolute Gasteiger partial charge is 0.252 e. The van der Waals surface area contributed by atoms with Crippen molar-refractivity contribution in [3.63, 3.8) is 0 Å². The third-order valence-corrected chi connectivity index (χ3v) is 2.54. The van der Waals surface area contributed by atoms with E-state index in [1.165, 1.54) is 0 Å². The zero-order valence-electron chi connectivity index (χ0n) is 9.23. The minimum Gasteiger partial charge on any atom is -0.380 e. The van der Waals surface area contributed by atoms with Crippen LogP contribution in [0.3, 0.4) is 0 Å². The summed E-state index contributed by atoms with van der Waals surface area (Å²) < 4.78 is 10.1. The van der Waals surface area contributed by atoms with Gasteiger partial charge in [-0.25, -0.2) is 0 Å². The van der Waals surface area contributed by atoms with Crippen molar-refractivity contribution < 1.29 is 14.3 Å². The lowest BCUT2D eigenvalue weighted by atomic mass is 10.1. The first-order valence-electron chi connectivity index (χ1n) is 5.26. The highest BCUT2D eigenvalue weighted by Gasteiger charge is 2.21. The lowest BCUT2D eigenvalue weighted by molar-refractivity contribution is -0.00350. The molecule has 0 spiro atoms. The van der Waals surface area contributed by atoms with Gasteiger partial charge in [0, 0.05) is 12.7 Å². The van der Waals surface area contributed by atoms with E-state index in [-0.39, 0.29) is 11.9 Å². The number of carbonyl (C=O) groups excluding carboxylic acids is 1. The van der Waals surface area contributed by atoms with Crippen LogP contribution in [0, 0.1) is 0 Å². The molecule has 4 heteroatoms. The van der Waals surface area contributed by atoms with Crippen LogP contribution in [0.4, 0.5) is 0 Å². The van der Waals surface area contributed by atoms with E-state index in [1.807, 2.05) is 24.3 Å². The van der Waals surface area contributed by atoms with E-state index >= 15 is 0 Å². The summed E-state index contributed by atoms with van der Waals surface area (Å²) in [6.07, 6.45) is 0. The summed E-state index contributed by atoms with van der Waals surface area (Å²) in [5, 5.41) is 2.91. The van der Waals surface area contributed by atoms with Crippen LogP contribution in [0.2, 0.25) is 0 Å². The zero-order chi connectivity index (χ0) is 11.4. The number of rotatable bonds is 4. The van der Waals surface area contributed by atoms with Gasteiger partial charge in [0.25, 0.3) is 5.91 Å². The fourth-order valence-corrected chi connectivity index (χ4v) is 1.61. The molecule has 1 heterocycles. The largest absolute Gasteiger partial charge is 0.380 e. The fourth-order valence-electron chi connectivity index (χ4n) is 1.61. The molecule has 0 aliphatic carbocycles. The van der Waals surface area contributed by atoms with Crippen molar-refractivity contribution in [3.05, 3.63) is 35.4 Å². The first-order chi connectivity index (χ1) is 7.81. The summed E-state index contributed by atoms with van der Waals surface area (Å²) in [7, 11) is 1.62. The van der Waals surface area contributed by atoms with Crippen LogP contribution in [0.1, 0.15) is 15.9 Å². The summed E-state index contributed by atoms with van der Waals surface area (Å²) in [5.74, 6) is -0.0547. The van der Waals surface area contributed by atoms with E-state index in [4.69, 9.17) is 9.47 Å². The quantitative estimate of drug-likeness (QED) is 0.823. The second-order valence-electron chi connectivity index (χ2n) is 3.80. The zero-order valence-corrected chi connectivity index (χ0v) is 9.23. The fraction of sp³-hybridized carbons (Fsp3) is 0.417. The number of hydrogen-bond donors (Lipinski definition) is 1. The molecule has 0 bridgehead atoms. The van der Waals surface area contributed by atoms with Crippen LogP contribution < -0.4 is 5.32 Å². The Morgan fingerprint density at radius 1 is 1.50 bits per heavy atom. The van der Waals surface area contributed by atoms with Crippen LogP contribution in [0.25, 0.3) is 0 Å². The van der Waals surface area contributed by atoms with Gasteiger partial charge < -0.3 is 14.8 Å². The van der Waals surface area contributed by atoms with Gasteiger partial charge in [-0.15, -0.1) is 0 Å². The van der Waals surface area contributed by atoms with Crippen molar-refractivity contribution in [2.24, 2.45) is 0 Å². The minimum atomic E-state index is -0.0547. The van der Waals surface area contributed by atoms with E-state index in [2.05, 4.69) is 5.32 Å². The van der Waals surface area contributed by atoms with E-state index in [0.29, 0.717) is 25.4 Å². The Kier molecular flexibility index (Phi) is 3.54. The number of methoxy groups -OCH3 is 1. The van der Waals surface area contributed by atoms with Crippen LogP contribution >= 0.6 is 0 Å². The molecule has 1 aromatic rings. The molecule has 86 valence electrons. The number of benzene rings is 1. The first-order valence-corrected chi connectivity index (χ1v) is 5.26. The van der Waals surface area contributed by atoms with Gasteiger partial charge in [-0.1, -0.05) is 18.2 Å². The molecule has 0 unspecified atom stereocenters. The Morgan fingerprint density at radius 2 is 2.25 bits per heavy atom. The van der Waals surface area contributed by atoms with Crippen molar-refractivity contribution in [3.8, 4) is 0 Å². The highest BCUT2D eigenvalue weighted by atomic mass is 16.5. The average Bonchev–Trinajstić information content (AvgIpc) is 2.24. The molecular formula is C12H15NO3. The molecule has 16 heavy (non-hydrogen) atoms. The first kappa shape index (κ1) is 11.1. The molecule has 1 aliphatic rings. The van der Waals surface area contributed by atoms with Gasteiger partial charge in [0.15, 0.2) is 0 Å². The Morgan fingerprint density at radius 3 is 2.88 bits per heavy atom. The monoisotopic (exact) mass is 221 g/mol.